The zero-order chi connectivity index (χ0) is 12.3. The van der Waals surface area contributed by atoms with E-state index in [2.05, 4.69) is 20.4 Å². The Labute approximate surface area is 97.6 Å². The highest BCUT2D eigenvalue weighted by Crippen LogP contribution is 2.05. The maximum Gasteiger partial charge on any atom is 0.274 e. The van der Waals surface area contributed by atoms with Gasteiger partial charge in [-0.2, -0.15) is 5.10 Å². The fourth-order valence-corrected chi connectivity index (χ4v) is 1.36. The van der Waals surface area contributed by atoms with Crippen molar-refractivity contribution in [3.05, 3.63) is 35.8 Å². The number of anilines is 1. The van der Waals surface area contributed by atoms with Crippen LogP contribution in [-0.4, -0.2) is 38.2 Å². The van der Waals surface area contributed by atoms with E-state index in [-0.39, 0.29) is 11.6 Å². The van der Waals surface area contributed by atoms with Crippen LogP contribution >= 0.6 is 0 Å². The second kappa shape index (κ2) is 4.60. The summed E-state index contributed by atoms with van der Waals surface area (Å²) in [5, 5.41) is 13.9. The number of nitrogen functional groups attached to an aromatic ring is 1. The summed E-state index contributed by atoms with van der Waals surface area (Å²) in [4.78, 5) is 13.5. The number of amides is 1. The summed E-state index contributed by atoms with van der Waals surface area (Å²) in [6, 6.07) is 3.10. The molecule has 2 aromatic rings. The number of nitrogens with zero attached hydrogens (tertiary/aromatic N) is 4. The van der Waals surface area contributed by atoms with Gasteiger partial charge in [0.2, 0.25) is 0 Å². The smallest absolute Gasteiger partial charge is 0.274 e. The summed E-state index contributed by atoms with van der Waals surface area (Å²) >= 11 is 0. The fourth-order valence-electron chi connectivity index (χ4n) is 1.36. The lowest BCUT2D eigenvalue weighted by Gasteiger charge is -2.15. The van der Waals surface area contributed by atoms with Gasteiger partial charge in [0.15, 0.2) is 5.69 Å². The van der Waals surface area contributed by atoms with Crippen molar-refractivity contribution in [2.45, 2.75) is 6.54 Å². The van der Waals surface area contributed by atoms with E-state index in [0.717, 1.165) is 5.56 Å². The molecule has 0 saturated carbocycles. The number of H-pyrrole nitrogens is 1. The SMILES string of the molecule is CN(Cc1cn[nH]c1)C(=O)c1ccc(N)nn1. The molecule has 1 amide bonds. The molecular weight excluding hydrogens is 220 g/mol. The Morgan fingerprint density at radius 1 is 1.47 bits per heavy atom. The summed E-state index contributed by atoms with van der Waals surface area (Å²) in [5.41, 5.74) is 6.59. The van der Waals surface area contributed by atoms with Crippen LogP contribution in [0.1, 0.15) is 16.1 Å². The van der Waals surface area contributed by atoms with Crippen LogP contribution in [0.15, 0.2) is 24.5 Å². The second-order valence-electron chi connectivity index (χ2n) is 3.61. The maximum atomic E-state index is 11.9. The van der Waals surface area contributed by atoms with Gasteiger partial charge in [0, 0.05) is 25.4 Å². The van der Waals surface area contributed by atoms with Crippen LogP contribution in [0, 0.1) is 0 Å². The molecule has 17 heavy (non-hydrogen) atoms. The number of nitrogens with two attached hydrogens (primary N) is 1. The Hall–Kier alpha value is -2.44. The lowest BCUT2D eigenvalue weighted by atomic mass is 10.3. The summed E-state index contributed by atoms with van der Waals surface area (Å²) in [6.45, 7) is 0.460. The van der Waals surface area contributed by atoms with Crippen molar-refractivity contribution in [1.82, 2.24) is 25.3 Å². The van der Waals surface area contributed by atoms with Crippen molar-refractivity contribution in [1.29, 1.82) is 0 Å². The number of rotatable bonds is 3. The molecule has 0 aliphatic rings. The highest BCUT2D eigenvalue weighted by Gasteiger charge is 2.14. The van der Waals surface area contributed by atoms with Crippen molar-refractivity contribution in [2.75, 3.05) is 12.8 Å². The topological polar surface area (TPSA) is 101 Å². The van der Waals surface area contributed by atoms with Crippen LogP contribution in [0.2, 0.25) is 0 Å². The summed E-state index contributed by atoms with van der Waals surface area (Å²) in [5.74, 6) is 0.0812. The first-order valence-corrected chi connectivity index (χ1v) is 4.99. The monoisotopic (exact) mass is 232 g/mol. The van der Waals surface area contributed by atoms with E-state index in [9.17, 15) is 4.79 Å². The molecule has 2 rings (SSSR count). The molecule has 7 heteroatoms. The van der Waals surface area contributed by atoms with Gasteiger partial charge in [0.25, 0.3) is 5.91 Å². The van der Waals surface area contributed by atoms with Gasteiger partial charge in [-0.05, 0) is 12.1 Å². The average molecular weight is 232 g/mol. The highest BCUT2D eigenvalue weighted by atomic mass is 16.2. The number of hydrogen-bond donors (Lipinski definition) is 2. The van der Waals surface area contributed by atoms with E-state index in [1.165, 1.54) is 4.90 Å². The van der Waals surface area contributed by atoms with E-state index >= 15 is 0 Å². The molecule has 0 bridgehead atoms. The van der Waals surface area contributed by atoms with E-state index in [1.54, 1.807) is 31.6 Å². The van der Waals surface area contributed by atoms with Gasteiger partial charge in [-0.25, -0.2) is 0 Å². The molecule has 0 fully saturated rings. The predicted octanol–water partition coefficient (Wildman–Crippen LogP) is 0.0541. The van der Waals surface area contributed by atoms with Gasteiger partial charge in [-0.1, -0.05) is 0 Å². The number of aromatic amines is 1. The maximum absolute atomic E-state index is 11.9. The zero-order valence-electron chi connectivity index (χ0n) is 9.29. The van der Waals surface area contributed by atoms with Crippen molar-refractivity contribution < 1.29 is 4.79 Å². The van der Waals surface area contributed by atoms with Gasteiger partial charge in [-0.3, -0.25) is 9.89 Å². The third-order valence-electron chi connectivity index (χ3n) is 2.23. The molecule has 2 aromatic heterocycles. The number of aromatic nitrogens is 4. The summed E-state index contributed by atoms with van der Waals surface area (Å²) in [6.07, 6.45) is 3.40. The molecule has 0 radical (unpaired) electrons. The third-order valence-corrected chi connectivity index (χ3v) is 2.23. The van der Waals surface area contributed by atoms with Crippen LogP contribution in [0.25, 0.3) is 0 Å². The molecule has 2 heterocycles. The molecule has 0 aromatic carbocycles. The van der Waals surface area contributed by atoms with E-state index in [0.29, 0.717) is 12.4 Å². The Kier molecular flexibility index (Phi) is 2.99. The number of carbonyl (C=O) groups excluding carboxylic acids is 1. The van der Waals surface area contributed by atoms with Crippen LogP contribution in [0.5, 0.6) is 0 Å². The first kappa shape index (κ1) is 11.1. The predicted molar refractivity (Wildman–Crippen MR) is 60.8 cm³/mol. The quantitative estimate of drug-likeness (QED) is 0.778. The largest absolute Gasteiger partial charge is 0.382 e. The van der Waals surface area contributed by atoms with Crippen LogP contribution in [-0.2, 0) is 6.54 Å². The molecule has 0 atom stereocenters. The van der Waals surface area contributed by atoms with Crippen LogP contribution in [0.3, 0.4) is 0 Å². The first-order chi connectivity index (χ1) is 8.16. The molecule has 0 spiro atoms. The molecule has 7 nitrogen and oxygen atoms in total. The summed E-state index contributed by atoms with van der Waals surface area (Å²) < 4.78 is 0. The Bertz CT molecular complexity index is 492. The molecule has 0 saturated heterocycles. The lowest BCUT2D eigenvalue weighted by molar-refractivity contribution is 0.0778. The molecule has 0 unspecified atom stereocenters. The average Bonchev–Trinajstić information content (AvgIpc) is 2.82. The number of carbonyl (C=O) groups is 1. The highest BCUT2D eigenvalue weighted by molar-refractivity contribution is 5.91. The fraction of sp³-hybridized carbons (Fsp3) is 0.200. The lowest BCUT2D eigenvalue weighted by Crippen LogP contribution is -2.27. The molecule has 3 N–H and O–H groups in total. The number of hydrogen-bond acceptors (Lipinski definition) is 5. The standard InChI is InChI=1S/C10H12N6O/c1-16(6-7-4-12-13-5-7)10(17)8-2-3-9(11)15-14-8/h2-5H,6H2,1H3,(H2,11,15)(H,12,13). The minimum atomic E-state index is -0.210. The van der Waals surface area contributed by atoms with Crippen molar-refractivity contribution in [2.24, 2.45) is 0 Å². The molecule has 0 aliphatic carbocycles. The van der Waals surface area contributed by atoms with E-state index in [1.807, 2.05) is 0 Å². The van der Waals surface area contributed by atoms with Crippen molar-refractivity contribution >= 4 is 11.7 Å². The van der Waals surface area contributed by atoms with Gasteiger partial charge < -0.3 is 10.6 Å². The molecule has 0 aliphatic heterocycles. The Balaban J connectivity index is 2.07. The Morgan fingerprint density at radius 2 is 2.29 bits per heavy atom. The second-order valence-corrected chi connectivity index (χ2v) is 3.61. The van der Waals surface area contributed by atoms with Crippen molar-refractivity contribution in [3.8, 4) is 0 Å². The van der Waals surface area contributed by atoms with Crippen LogP contribution < -0.4 is 5.73 Å². The van der Waals surface area contributed by atoms with Gasteiger partial charge in [0.05, 0.1) is 6.20 Å². The van der Waals surface area contributed by atoms with Crippen molar-refractivity contribution in [3.63, 3.8) is 0 Å². The first-order valence-electron chi connectivity index (χ1n) is 4.99. The van der Waals surface area contributed by atoms with Gasteiger partial charge in [-0.15, -0.1) is 10.2 Å². The normalized spacial score (nSPS) is 10.2. The zero-order valence-corrected chi connectivity index (χ0v) is 9.29. The third kappa shape index (κ3) is 2.57. The molecule has 88 valence electrons. The van der Waals surface area contributed by atoms with Crippen LogP contribution in [0.4, 0.5) is 5.82 Å². The van der Waals surface area contributed by atoms with E-state index < -0.39 is 0 Å². The minimum absolute atomic E-state index is 0.210. The number of nitrogens with one attached hydrogen (secondary N) is 1. The van der Waals surface area contributed by atoms with E-state index in [4.69, 9.17) is 5.73 Å². The molecular formula is C10H12N6O. The van der Waals surface area contributed by atoms with Gasteiger partial charge >= 0.3 is 0 Å². The summed E-state index contributed by atoms with van der Waals surface area (Å²) in [7, 11) is 1.69. The van der Waals surface area contributed by atoms with Gasteiger partial charge in [0.1, 0.15) is 5.82 Å². The Morgan fingerprint density at radius 3 is 2.88 bits per heavy atom. The minimum Gasteiger partial charge on any atom is -0.382 e.